The van der Waals surface area contributed by atoms with Gasteiger partial charge in [-0.3, -0.25) is 0 Å². The predicted octanol–water partition coefficient (Wildman–Crippen LogP) is 17.1. The Balaban J connectivity index is 1.59. The van der Waals surface area contributed by atoms with Crippen molar-refractivity contribution in [3.63, 3.8) is 0 Å². The molecule has 67 heavy (non-hydrogen) atoms. The summed E-state index contributed by atoms with van der Waals surface area (Å²) in [7, 11) is 0. The van der Waals surface area contributed by atoms with E-state index in [9.17, 15) is 5.11 Å². The van der Waals surface area contributed by atoms with Gasteiger partial charge in [-0.15, -0.1) is 0 Å². The number of fused-ring (bicyclic) bond motifs is 8. The van der Waals surface area contributed by atoms with E-state index in [-0.39, 0.29) is 38.2 Å². The minimum Gasteiger partial charge on any atom is -0.504 e. The van der Waals surface area contributed by atoms with Crippen molar-refractivity contribution in [1.82, 2.24) is 19.9 Å². The summed E-state index contributed by atoms with van der Waals surface area (Å²) < 4.78 is 0. The van der Waals surface area contributed by atoms with Gasteiger partial charge in [-0.2, -0.15) is 0 Å². The maximum absolute atomic E-state index is 12.1. The van der Waals surface area contributed by atoms with E-state index in [4.69, 9.17) is 9.97 Å². The lowest BCUT2D eigenvalue weighted by Gasteiger charge is -2.26. The highest BCUT2D eigenvalue weighted by Gasteiger charge is 2.27. The molecule has 0 unspecified atom stereocenters. The molecule has 8 rings (SSSR count). The van der Waals surface area contributed by atoms with Gasteiger partial charge in [0.2, 0.25) is 0 Å². The fourth-order valence-electron chi connectivity index (χ4n) is 9.02. The van der Waals surface area contributed by atoms with Crippen LogP contribution in [0.3, 0.4) is 0 Å². The van der Waals surface area contributed by atoms with Gasteiger partial charge in [0.25, 0.3) is 0 Å². The van der Waals surface area contributed by atoms with Crippen LogP contribution in [-0.2, 0) is 32.5 Å². The fourth-order valence-corrected chi connectivity index (χ4v) is 9.02. The van der Waals surface area contributed by atoms with Gasteiger partial charge in [0.05, 0.1) is 22.6 Å². The molecular weight excluding hydrogens is 817 g/mol. The molecule has 3 N–H and O–H groups in total. The summed E-state index contributed by atoms with van der Waals surface area (Å²) in [5.41, 5.74) is 19.6. The van der Waals surface area contributed by atoms with Gasteiger partial charge in [-0.25, -0.2) is 9.97 Å². The second kappa shape index (κ2) is 16.1. The van der Waals surface area contributed by atoms with Gasteiger partial charge in [0, 0.05) is 33.2 Å². The third kappa shape index (κ3) is 9.49. The van der Waals surface area contributed by atoms with Crippen LogP contribution in [0, 0.1) is 0 Å². The summed E-state index contributed by atoms with van der Waals surface area (Å²) in [6.45, 7) is 41.1. The second-order valence-corrected chi connectivity index (χ2v) is 25.4. The monoisotopic (exact) mass is 891 g/mol. The van der Waals surface area contributed by atoms with Crippen molar-refractivity contribution in [2.75, 3.05) is 0 Å². The highest BCUT2D eigenvalue weighted by Crippen LogP contribution is 2.43. The maximum atomic E-state index is 12.1. The Hall–Kier alpha value is -5.94. The first-order chi connectivity index (χ1) is 30.9. The maximum Gasteiger partial charge on any atom is 0.165 e. The number of benzene rings is 3. The number of aromatic amines is 2. The van der Waals surface area contributed by atoms with Crippen LogP contribution >= 0.6 is 0 Å². The number of nitrogens with one attached hydrogen (secondary N) is 2. The molecule has 0 saturated carbocycles. The van der Waals surface area contributed by atoms with E-state index in [0.717, 1.165) is 67.0 Å². The van der Waals surface area contributed by atoms with Gasteiger partial charge in [-0.05, 0) is 131 Å². The van der Waals surface area contributed by atoms with Gasteiger partial charge in [0.15, 0.2) is 5.75 Å². The molecule has 6 aromatic rings. The van der Waals surface area contributed by atoms with Crippen LogP contribution in [0.15, 0.2) is 78.9 Å². The molecule has 5 heteroatoms. The van der Waals surface area contributed by atoms with Crippen LogP contribution in [0.2, 0.25) is 0 Å². The standard InChI is InChI=1S/C62H74N4O/c1-57(2,3)39-27-36(28-40(33-39)58(4,5)6)53-45-19-21-47(63-45)54(37-29-41(59(7,8)9)34-42(30-37)60(10,11)12)49-23-25-51(65-49)56(67)52-26-24-50(66-52)55(48-22-20-46(53)64-48)38-31-43(61(13,14)15)35-44(32-38)62(16,17)18/h19-35,63,66-67H,1-18H3. The zero-order valence-electron chi connectivity index (χ0n) is 43.7. The van der Waals surface area contributed by atoms with Crippen LogP contribution in [0.4, 0.5) is 0 Å². The van der Waals surface area contributed by atoms with E-state index in [1.807, 2.05) is 18.2 Å². The molecule has 3 aromatic carbocycles. The first-order valence-electron chi connectivity index (χ1n) is 24.2. The number of aromatic nitrogens is 4. The average molecular weight is 891 g/mol. The van der Waals surface area contributed by atoms with Gasteiger partial charge < -0.3 is 15.1 Å². The van der Waals surface area contributed by atoms with Crippen LogP contribution in [-0.4, -0.2) is 25.0 Å². The van der Waals surface area contributed by atoms with Gasteiger partial charge in [0.1, 0.15) is 5.69 Å². The second-order valence-electron chi connectivity index (χ2n) is 25.4. The summed E-state index contributed by atoms with van der Waals surface area (Å²) in [5, 5.41) is 12.1. The Bertz CT molecular complexity index is 3010. The molecule has 348 valence electrons. The van der Waals surface area contributed by atoms with Gasteiger partial charge >= 0.3 is 0 Å². The highest BCUT2D eigenvalue weighted by molar-refractivity contribution is 5.98. The van der Waals surface area contributed by atoms with Gasteiger partial charge in [-0.1, -0.05) is 179 Å². The van der Waals surface area contributed by atoms with Crippen molar-refractivity contribution in [2.24, 2.45) is 0 Å². The highest BCUT2D eigenvalue weighted by atomic mass is 16.3. The number of rotatable bonds is 3. The molecule has 0 atom stereocenters. The van der Waals surface area contributed by atoms with Crippen LogP contribution in [0.5, 0.6) is 5.75 Å². The number of nitrogens with zero attached hydrogens (tertiary/aromatic N) is 2. The summed E-state index contributed by atoms with van der Waals surface area (Å²) in [6.07, 6.45) is 8.34. The normalized spacial score (nSPS) is 13.8. The zero-order chi connectivity index (χ0) is 49.0. The number of aromatic hydroxyl groups is 1. The van der Waals surface area contributed by atoms with E-state index >= 15 is 0 Å². The molecular formula is C62H74N4O. The summed E-state index contributed by atoms with van der Waals surface area (Å²) in [5.74, 6) is 0.0910. The summed E-state index contributed by atoms with van der Waals surface area (Å²) in [6, 6.07) is 29.6. The molecule has 0 radical (unpaired) electrons. The average Bonchev–Trinajstić information content (AvgIpc) is 4.05. The van der Waals surface area contributed by atoms with Crippen molar-refractivity contribution in [2.45, 2.75) is 157 Å². The van der Waals surface area contributed by atoms with Crippen molar-refractivity contribution >= 4 is 46.4 Å². The minimum absolute atomic E-state index is 0.0910. The van der Waals surface area contributed by atoms with Crippen molar-refractivity contribution < 1.29 is 5.11 Å². The van der Waals surface area contributed by atoms with Crippen molar-refractivity contribution in [3.05, 3.63) is 135 Å². The topological polar surface area (TPSA) is 77.6 Å². The molecule has 2 aliphatic rings. The van der Waals surface area contributed by atoms with Crippen molar-refractivity contribution in [3.8, 4) is 39.1 Å². The molecule has 0 spiro atoms. The smallest absolute Gasteiger partial charge is 0.165 e. The van der Waals surface area contributed by atoms with E-state index in [1.165, 1.54) is 33.4 Å². The Kier molecular flexibility index (Phi) is 11.4. The molecule has 3 aromatic heterocycles. The van der Waals surface area contributed by atoms with E-state index < -0.39 is 0 Å². The van der Waals surface area contributed by atoms with Crippen LogP contribution in [0.25, 0.3) is 79.8 Å². The van der Waals surface area contributed by atoms with Crippen LogP contribution in [0.1, 0.15) is 181 Å². The third-order valence-corrected chi connectivity index (χ3v) is 13.6. The largest absolute Gasteiger partial charge is 0.504 e. The molecule has 0 saturated heterocycles. The Morgan fingerprint density at radius 2 is 0.537 bits per heavy atom. The minimum atomic E-state index is -0.0963. The molecule has 8 bridgehead atoms. The van der Waals surface area contributed by atoms with E-state index in [1.54, 1.807) is 0 Å². The Labute approximate surface area is 401 Å². The zero-order valence-corrected chi connectivity index (χ0v) is 43.7. The summed E-state index contributed by atoms with van der Waals surface area (Å²) >= 11 is 0. The lowest BCUT2D eigenvalue weighted by atomic mass is 9.78. The summed E-state index contributed by atoms with van der Waals surface area (Å²) in [4.78, 5) is 18.6. The first kappa shape index (κ1) is 47.5. The predicted molar refractivity (Wildman–Crippen MR) is 289 cm³/mol. The Morgan fingerprint density at radius 3 is 0.806 bits per heavy atom. The molecule has 0 amide bonds. The molecule has 0 fully saturated rings. The number of H-pyrrole nitrogens is 2. The van der Waals surface area contributed by atoms with Crippen LogP contribution < -0.4 is 0 Å². The first-order valence-corrected chi connectivity index (χ1v) is 24.2. The molecule has 0 aliphatic carbocycles. The fraction of sp³-hybridized carbons (Fsp3) is 0.387. The third-order valence-electron chi connectivity index (χ3n) is 13.6. The lowest BCUT2D eigenvalue weighted by Crippen LogP contribution is -2.16. The SMILES string of the molecule is CC(C)(C)c1cc(-c2c3nc(c(-c4cc(C(C)(C)C)cc(C(C)(C)C)c4)c4ccc([nH]4)c(-c4cc(C(C)(C)C)cc(C(C)(C)C)c4)c4nc(c(O)c5ccc2[nH]5)C=C4)C=C3)cc(C(C)(C)C)c1. The van der Waals surface area contributed by atoms with Crippen molar-refractivity contribution in [1.29, 1.82) is 0 Å². The quantitative estimate of drug-likeness (QED) is 0.165. The van der Waals surface area contributed by atoms with E-state index in [0.29, 0.717) is 11.2 Å². The lowest BCUT2D eigenvalue weighted by molar-refractivity contribution is 0.477. The number of hydrogen-bond acceptors (Lipinski definition) is 3. The Morgan fingerprint density at radius 1 is 0.313 bits per heavy atom. The number of hydrogen-bond donors (Lipinski definition) is 3. The molecule has 2 aliphatic heterocycles. The molecule has 5 nitrogen and oxygen atoms in total. The van der Waals surface area contributed by atoms with E-state index in [2.05, 4.69) is 220 Å². The molecule has 5 heterocycles.